The van der Waals surface area contributed by atoms with Gasteiger partial charge in [0.2, 0.25) is 0 Å². The van der Waals surface area contributed by atoms with E-state index in [1.807, 2.05) is 13.8 Å². The Labute approximate surface area is 67.7 Å². The molecule has 0 aliphatic rings. The minimum absolute atomic E-state index is 0.0414. The van der Waals surface area contributed by atoms with Gasteiger partial charge in [-0.3, -0.25) is 4.57 Å². The molecule has 0 aromatic heterocycles. The molecular formula is C7H16FO2P. The average molecular weight is 182 g/mol. The van der Waals surface area contributed by atoms with Crippen LogP contribution in [0, 0.1) is 5.92 Å². The van der Waals surface area contributed by atoms with Gasteiger partial charge in [-0.05, 0) is 12.3 Å². The van der Waals surface area contributed by atoms with Gasteiger partial charge in [-0.1, -0.05) is 20.8 Å². The van der Waals surface area contributed by atoms with Crippen molar-refractivity contribution in [2.75, 3.05) is 12.8 Å². The highest BCUT2D eigenvalue weighted by atomic mass is 31.2. The lowest BCUT2D eigenvalue weighted by Crippen LogP contribution is -1.99. The van der Waals surface area contributed by atoms with E-state index in [0.717, 1.165) is 0 Å². The van der Waals surface area contributed by atoms with Crippen molar-refractivity contribution in [3.8, 4) is 0 Å². The van der Waals surface area contributed by atoms with Crippen LogP contribution in [0.3, 0.4) is 0 Å². The maximum atomic E-state index is 12.8. The molecule has 0 saturated carbocycles. The second-order valence-corrected chi connectivity index (χ2v) is 4.89. The molecule has 0 saturated heterocycles. The van der Waals surface area contributed by atoms with E-state index in [1.165, 1.54) is 0 Å². The lowest BCUT2D eigenvalue weighted by molar-refractivity contribution is 0.250. The summed E-state index contributed by atoms with van der Waals surface area (Å²) in [5.74, 6) is 0.232. The van der Waals surface area contributed by atoms with E-state index in [1.54, 1.807) is 6.92 Å². The van der Waals surface area contributed by atoms with Crippen molar-refractivity contribution in [2.24, 2.45) is 5.92 Å². The third-order valence-corrected chi connectivity index (χ3v) is 2.61. The van der Waals surface area contributed by atoms with E-state index in [4.69, 9.17) is 0 Å². The maximum Gasteiger partial charge on any atom is 0.367 e. The van der Waals surface area contributed by atoms with Crippen LogP contribution in [0.2, 0.25) is 0 Å². The molecule has 11 heavy (non-hydrogen) atoms. The number of hydrogen-bond acceptors (Lipinski definition) is 2. The molecule has 0 aliphatic carbocycles. The minimum atomic E-state index is -3.75. The molecule has 0 amide bonds. The second kappa shape index (κ2) is 4.89. The summed E-state index contributed by atoms with van der Waals surface area (Å²) in [6, 6.07) is 0. The summed E-state index contributed by atoms with van der Waals surface area (Å²) in [5.41, 5.74) is 0. The SMILES string of the molecule is CCCP(=O)(F)OCC(C)C. The van der Waals surface area contributed by atoms with Gasteiger partial charge in [0.05, 0.1) is 12.8 Å². The highest BCUT2D eigenvalue weighted by Gasteiger charge is 2.20. The van der Waals surface area contributed by atoms with Crippen LogP contribution in [0.1, 0.15) is 27.2 Å². The highest BCUT2D eigenvalue weighted by molar-refractivity contribution is 7.53. The molecule has 0 heterocycles. The monoisotopic (exact) mass is 182 g/mol. The zero-order valence-corrected chi connectivity index (χ0v) is 8.23. The molecule has 0 rings (SSSR count). The molecule has 0 radical (unpaired) electrons. The van der Waals surface area contributed by atoms with Gasteiger partial charge in [0.25, 0.3) is 0 Å². The summed E-state index contributed by atoms with van der Waals surface area (Å²) in [5, 5.41) is 0. The quantitative estimate of drug-likeness (QED) is 0.610. The lowest BCUT2D eigenvalue weighted by atomic mass is 10.2. The van der Waals surface area contributed by atoms with E-state index in [2.05, 4.69) is 4.52 Å². The van der Waals surface area contributed by atoms with Crippen LogP contribution in [0.15, 0.2) is 0 Å². The van der Waals surface area contributed by atoms with Crippen LogP contribution in [0.25, 0.3) is 0 Å². The molecule has 0 aromatic rings. The third-order valence-electron chi connectivity index (χ3n) is 1.09. The Morgan fingerprint density at radius 3 is 2.45 bits per heavy atom. The predicted molar refractivity (Wildman–Crippen MR) is 44.7 cm³/mol. The van der Waals surface area contributed by atoms with Gasteiger partial charge in [0.1, 0.15) is 0 Å². The molecule has 0 N–H and O–H groups in total. The van der Waals surface area contributed by atoms with Crippen LogP contribution in [0.5, 0.6) is 0 Å². The van der Waals surface area contributed by atoms with Gasteiger partial charge in [-0.15, -0.1) is 0 Å². The molecule has 68 valence electrons. The van der Waals surface area contributed by atoms with Crippen LogP contribution in [-0.2, 0) is 9.09 Å². The van der Waals surface area contributed by atoms with Crippen molar-refractivity contribution in [1.82, 2.24) is 0 Å². The van der Waals surface area contributed by atoms with Crippen LogP contribution in [-0.4, -0.2) is 12.8 Å². The van der Waals surface area contributed by atoms with Gasteiger partial charge in [0, 0.05) is 0 Å². The Hall–Kier alpha value is 0.120. The molecule has 0 bridgehead atoms. The van der Waals surface area contributed by atoms with E-state index in [9.17, 15) is 8.76 Å². The Morgan fingerprint density at radius 2 is 2.09 bits per heavy atom. The van der Waals surface area contributed by atoms with Crippen LogP contribution in [0.4, 0.5) is 4.20 Å². The Balaban J connectivity index is 3.64. The highest BCUT2D eigenvalue weighted by Crippen LogP contribution is 2.49. The molecule has 0 spiro atoms. The van der Waals surface area contributed by atoms with Crippen LogP contribution >= 0.6 is 7.68 Å². The first kappa shape index (κ1) is 11.1. The summed E-state index contributed by atoms with van der Waals surface area (Å²) in [7, 11) is -3.75. The fourth-order valence-electron chi connectivity index (χ4n) is 0.592. The first-order chi connectivity index (χ1) is 4.98. The summed E-state index contributed by atoms with van der Waals surface area (Å²) in [4.78, 5) is 0. The maximum absolute atomic E-state index is 12.8. The van der Waals surface area contributed by atoms with Gasteiger partial charge in [-0.25, -0.2) is 0 Å². The summed E-state index contributed by atoms with van der Waals surface area (Å²) >= 11 is 0. The van der Waals surface area contributed by atoms with Crippen molar-refractivity contribution in [3.05, 3.63) is 0 Å². The van der Waals surface area contributed by atoms with Gasteiger partial charge in [-0.2, -0.15) is 4.20 Å². The van der Waals surface area contributed by atoms with E-state index in [-0.39, 0.29) is 18.7 Å². The fourth-order valence-corrected chi connectivity index (χ4v) is 1.78. The fraction of sp³-hybridized carbons (Fsp3) is 1.00. The Morgan fingerprint density at radius 1 is 1.55 bits per heavy atom. The zero-order valence-electron chi connectivity index (χ0n) is 7.34. The average Bonchev–Trinajstić information content (AvgIpc) is 1.84. The lowest BCUT2D eigenvalue weighted by Gasteiger charge is -2.10. The van der Waals surface area contributed by atoms with Gasteiger partial charge in [0.15, 0.2) is 0 Å². The summed E-state index contributed by atoms with van der Waals surface area (Å²) < 4.78 is 28.2. The molecule has 0 aliphatic heterocycles. The number of rotatable bonds is 5. The van der Waals surface area contributed by atoms with E-state index in [0.29, 0.717) is 6.42 Å². The van der Waals surface area contributed by atoms with Crippen molar-refractivity contribution in [1.29, 1.82) is 0 Å². The number of halogens is 1. The summed E-state index contributed by atoms with van der Waals surface area (Å²) in [6.07, 6.45) is 0.603. The molecule has 4 heteroatoms. The molecular weight excluding hydrogens is 166 g/mol. The smallest absolute Gasteiger partial charge is 0.305 e. The number of hydrogen-bond donors (Lipinski definition) is 0. The molecule has 1 unspecified atom stereocenters. The molecule has 2 nitrogen and oxygen atoms in total. The minimum Gasteiger partial charge on any atom is -0.305 e. The summed E-state index contributed by atoms with van der Waals surface area (Å²) in [6.45, 7) is 5.82. The first-order valence-electron chi connectivity index (χ1n) is 3.91. The van der Waals surface area contributed by atoms with Crippen molar-refractivity contribution in [3.63, 3.8) is 0 Å². The largest absolute Gasteiger partial charge is 0.367 e. The third kappa shape index (κ3) is 6.52. The molecule has 1 atom stereocenters. The Bertz CT molecular complexity index is 147. The molecule has 0 fully saturated rings. The predicted octanol–water partition coefficient (Wildman–Crippen LogP) is 3.23. The normalized spacial score (nSPS) is 16.8. The van der Waals surface area contributed by atoms with Crippen molar-refractivity contribution >= 4 is 7.68 Å². The van der Waals surface area contributed by atoms with Gasteiger partial charge < -0.3 is 4.52 Å². The van der Waals surface area contributed by atoms with Crippen LogP contribution < -0.4 is 0 Å². The van der Waals surface area contributed by atoms with Crippen molar-refractivity contribution < 1.29 is 13.3 Å². The second-order valence-electron chi connectivity index (χ2n) is 3.00. The first-order valence-corrected chi connectivity index (χ1v) is 5.61. The van der Waals surface area contributed by atoms with E-state index < -0.39 is 7.68 Å². The zero-order chi connectivity index (χ0) is 8.91. The van der Waals surface area contributed by atoms with Gasteiger partial charge >= 0.3 is 7.68 Å². The van der Waals surface area contributed by atoms with Crippen molar-refractivity contribution in [2.45, 2.75) is 27.2 Å². The van der Waals surface area contributed by atoms with E-state index >= 15 is 0 Å². The topological polar surface area (TPSA) is 26.3 Å². The standard InChI is InChI=1S/C7H16FO2P/c1-4-5-11(8,9)10-6-7(2)3/h7H,4-6H2,1-3H3. The Kier molecular flexibility index (Phi) is 4.94. The molecule has 0 aromatic carbocycles.